The summed E-state index contributed by atoms with van der Waals surface area (Å²) >= 11 is 0. The maximum Gasteiger partial charge on any atom is 0.353 e. The first-order valence-corrected chi connectivity index (χ1v) is 13.2. The third-order valence-corrected chi connectivity index (χ3v) is 7.63. The van der Waals surface area contributed by atoms with Gasteiger partial charge in [0, 0.05) is 24.5 Å². The molecule has 0 atom stereocenters. The topological polar surface area (TPSA) is 140 Å². The zero-order chi connectivity index (χ0) is 27.1. The first-order chi connectivity index (χ1) is 18.3. The second-order valence-electron chi connectivity index (χ2n) is 7.98. The van der Waals surface area contributed by atoms with Crippen LogP contribution in [-0.4, -0.2) is 40.7 Å². The van der Waals surface area contributed by atoms with Gasteiger partial charge in [0.1, 0.15) is 17.8 Å². The van der Waals surface area contributed by atoms with Gasteiger partial charge in [0.2, 0.25) is 21.7 Å². The predicted octanol–water partition coefficient (Wildman–Crippen LogP) is 5.69. The van der Waals surface area contributed by atoms with Crippen LogP contribution in [0.4, 0.5) is 28.7 Å². The SMILES string of the molecule is CCN(CC)S(=O)(=O)c1ccc(Nc2ncnc(Nc3ccc(Oc4ccccc4)cc3)c2[N+](=O)[O-])cc1. The van der Waals surface area contributed by atoms with Gasteiger partial charge in [0.15, 0.2) is 0 Å². The van der Waals surface area contributed by atoms with Crippen LogP contribution in [0.3, 0.4) is 0 Å². The van der Waals surface area contributed by atoms with Gasteiger partial charge in [-0.3, -0.25) is 10.1 Å². The number of anilines is 4. The number of benzene rings is 3. The molecular weight excluding hydrogens is 508 g/mol. The van der Waals surface area contributed by atoms with E-state index in [9.17, 15) is 18.5 Å². The number of nitrogens with zero attached hydrogens (tertiary/aromatic N) is 4. The van der Waals surface area contributed by atoms with Gasteiger partial charge in [0.05, 0.1) is 9.82 Å². The molecule has 3 aromatic carbocycles. The first kappa shape index (κ1) is 26.5. The molecule has 11 nitrogen and oxygen atoms in total. The van der Waals surface area contributed by atoms with Crippen LogP contribution in [0.15, 0.2) is 90.1 Å². The maximum absolute atomic E-state index is 12.7. The van der Waals surface area contributed by atoms with Crippen LogP contribution in [0.1, 0.15) is 13.8 Å². The Kier molecular flexibility index (Phi) is 8.14. The van der Waals surface area contributed by atoms with Crippen LogP contribution in [-0.2, 0) is 10.0 Å². The van der Waals surface area contributed by atoms with Gasteiger partial charge in [-0.25, -0.2) is 18.4 Å². The molecule has 0 radical (unpaired) electrons. The monoisotopic (exact) mass is 534 g/mol. The Labute approximate surface area is 220 Å². The van der Waals surface area contributed by atoms with Crippen LogP contribution in [0.25, 0.3) is 0 Å². The molecule has 0 saturated carbocycles. The molecule has 0 saturated heterocycles. The second kappa shape index (κ2) is 11.7. The van der Waals surface area contributed by atoms with Crippen molar-refractivity contribution in [2.45, 2.75) is 18.7 Å². The Bertz CT molecular complexity index is 1490. The summed E-state index contributed by atoms with van der Waals surface area (Å²) in [6, 6.07) is 22.1. The molecule has 196 valence electrons. The number of para-hydroxylation sites is 1. The van der Waals surface area contributed by atoms with E-state index >= 15 is 0 Å². The zero-order valence-corrected chi connectivity index (χ0v) is 21.6. The number of rotatable bonds is 11. The minimum atomic E-state index is -3.62. The molecule has 0 bridgehead atoms. The summed E-state index contributed by atoms with van der Waals surface area (Å²) in [7, 11) is -3.62. The minimum Gasteiger partial charge on any atom is -0.457 e. The zero-order valence-electron chi connectivity index (χ0n) is 20.7. The highest BCUT2D eigenvalue weighted by Gasteiger charge is 2.24. The van der Waals surface area contributed by atoms with E-state index in [4.69, 9.17) is 4.74 Å². The van der Waals surface area contributed by atoms with Crippen LogP contribution in [0, 0.1) is 10.1 Å². The van der Waals surface area contributed by atoms with Crippen molar-refractivity contribution in [3.05, 3.63) is 95.3 Å². The van der Waals surface area contributed by atoms with E-state index in [1.54, 1.807) is 38.1 Å². The van der Waals surface area contributed by atoms with Crippen molar-refractivity contribution in [2.75, 3.05) is 23.7 Å². The Balaban J connectivity index is 1.53. The molecule has 0 aliphatic carbocycles. The van der Waals surface area contributed by atoms with E-state index in [2.05, 4.69) is 20.6 Å². The van der Waals surface area contributed by atoms with E-state index in [1.165, 1.54) is 34.9 Å². The average molecular weight is 535 g/mol. The second-order valence-corrected chi connectivity index (χ2v) is 9.92. The first-order valence-electron chi connectivity index (χ1n) is 11.8. The molecule has 4 aromatic rings. The lowest BCUT2D eigenvalue weighted by atomic mass is 10.3. The fourth-order valence-corrected chi connectivity index (χ4v) is 5.12. The highest BCUT2D eigenvalue weighted by atomic mass is 32.2. The summed E-state index contributed by atoms with van der Waals surface area (Å²) < 4.78 is 32.6. The smallest absolute Gasteiger partial charge is 0.353 e. The number of sulfonamides is 1. The minimum absolute atomic E-state index is 0.00930. The lowest BCUT2D eigenvalue weighted by Crippen LogP contribution is -2.30. The largest absolute Gasteiger partial charge is 0.457 e. The van der Waals surface area contributed by atoms with Crippen LogP contribution in [0.2, 0.25) is 0 Å². The summed E-state index contributed by atoms with van der Waals surface area (Å²) in [6.07, 6.45) is 1.20. The van der Waals surface area contributed by atoms with Crippen LogP contribution >= 0.6 is 0 Å². The van der Waals surface area contributed by atoms with E-state index in [-0.39, 0.29) is 22.2 Å². The quantitative estimate of drug-likeness (QED) is 0.183. The number of aromatic nitrogens is 2. The Hall–Kier alpha value is -4.55. The fourth-order valence-electron chi connectivity index (χ4n) is 3.66. The van der Waals surface area contributed by atoms with Crippen molar-refractivity contribution in [1.29, 1.82) is 0 Å². The Morgan fingerprint density at radius 3 is 1.82 bits per heavy atom. The van der Waals surface area contributed by atoms with Crippen molar-refractivity contribution < 1.29 is 18.1 Å². The van der Waals surface area contributed by atoms with Crippen molar-refractivity contribution >= 4 is 38.7 Å². The molecule has 1 aromatic heterocycles. The van der Waals surface area contributed by atoms with Gasteiger partial charge in [0.25, 0.3) is 0 Å². The van der Waals surface area contributed by atoms with E-state index in [0.29, 0.717) is 36.0 Å². The summed E-state index contributed by atoms with van der Waals surface area (Å²) in [5, 5.41) is 17.8. The van der Waals surface area contributed by atoms with E-state index < -0.39 is 14.9 Å². The number of ether oxygens (including phenoxy) is 1. The molecule has 0 spiro atoms. The molecule has 0 aliphatic rings. The normalized spacial score (nSPS) is 11.2. The molecule has 38 heavy (non-hydrogen) atoms. The molecular formula is C26H26N6O5S. The average Bonchev–Trinajstić information content (AvgIpc) is 2.91. The molecule has 4 rings (SSSR count). The van der Waals surface area contributed by atoms with Crippen molar-refractivity contribution in [3.8, 4) is 11.5 Å². The standard InChI is InChI=1S/C26H26N6O5S/c1-3-31(4-2)38(35,36)23-16-12-20(13-17-23)30-26-24(32(33)34)25(27-18-28-26)29-19-10-14-22(15-11-19)37-21-8-6-5-7-9-21/h5-18H,3-4H2,1-2H3,(H2,27,28,29,30). The lowest BCUT2D eigenvalue weighted by Gasteiger charge is -2.18. The van der Waals surface area contributed by atoms with E-state index in [0.717, 1.165) is 0 Å². The molecule has 2 N–H and O–H groups in total. The van der Waals surface area contributed by atoms with Gasteiger partial charge < -0.3 is 15.4 Å². The number of nitrogens with one attached hydrogen (secondary N) is 2. The van der Waals surface area contributed by atoms with Gasteiger partial charge in [-0.1, -0.05) is 32.0 Å². The summed E-state index contributed by atoms with van der Waals surface area (Å²) in [5.41, 5.74) is 0.625. The molecule has 0 unspecified atom stereocenters. The number of nitro groups is 1. The summed E-state index contributed by atoms with van der Waals surface area (Å²) in [5.74, 6) is 1.24. The highest BCUT2D eigenvalue weighted by molar-refractivity contribution is 7.89. The third kappa shape index (κ3) is 6.05. The lowest BCUT2D eigenvalue weighted by molar-refractivity contribution is -0.383. The van der Waals surface area contributed by atoms with Gasteiger partial charge >= 0.3 is 5.69 Å². The Morgan fingerprint density at radius 2 is 1.32 bits per heavy atom. The van der Waals surface area contributed by atoms with Crippen LogP contribution in [0.5, 0.6) is 11.5 Å². The maximum atomic E-state index is 12.7. The number of hydrogen-bond donors (Lipinski definition) is 2. The summed E-state index contributed by atoms with van der Waals surface area (Å²) in [6.45, 7) is 4.24. The molecule has 0 aliphatic heterocycles. The molecule has 12 heteroatoms. The Morgan fingerprint density at radius 1 is 0.816 bits per heavy atom. The number of hydrogen-bond acceptors (Lipinski definition) is 9. The molecule has 1 heterocycles. The van der Waals surface area contributed by atoms with Gasteiger partial charge in [-0.05, 0) is 60.7 Å². The van der Waals surface area contributed by atoms with Gasteiger partial charge in [-0.2, -0.15) is 4.31 Å². The predicted molar refractivity (Wildman–Crippen MR) is 145 cm³/mol. The van der Waals surface area contributed by atoms with Gasteiger partial charge in [-0.15, -0.1) is 0 Å². The summed E-state index contributed by atoms with van der Waals surface area (Å²) in [4.78, 5) is 19.6. The van der Waals surface area contributed by atoms with Crippen molar-refractivity contribution in [2.24, 2.45) is 0 Å². The highest BCUT2D eigenvalue weighted by Crippen LogP contribution is 2.34. The van der Waals surface area contributed by atoms with E-state index in [1.807, 2.05) is 30.3 Å². The van der Waals surface area contributed by atoms with Crippen molar-refractivity contribution in [3.63, 3.8) is 0 Å². The van der Waals surface area contributed by atoms with Crippen LogP contribution < -0.4 is 15.4 Å². The molecule has 0 fully saturated rings. The molecule has 0 amide bonds. The fraction of sp³-hybridized carbons (Fsp3) is 0.154. The third-order valence-electron chi connectivity index (χ3n) is 5.56. The van der Waals surface area contributed by atoms with Crippen molar-refractivity contribution in [1.82, 2.24) is 14.3 Å².